The number of methoxy groups -OCH3 is 2. The van der Waals surface area contributed by atoms with Crippen molar-refractivity contribution in [2.24, 2.45) is 0 Å². The molecule has 1 atom stereocenters. The van der Waals surface area contributed by atoms with Crippen molar-refractivity contribution in [2.75, 3.05) is 33.9 Å². The van der Waals surface area contributed by atoms with E-state index in [0.29, 0.717) is 17.6 Å². The first-order valence-corrected chi connectivity index (χ1v) is 6.95. The molecule has 1 aliphatic heterocycles. The van der Waals surface area contributed by atoms with Gasteiger partial charge in [0.2, 0.25) is 5.75 Å². The summed E-state index contributed by atoms with van der Waals surface area (Å²) in [6, 6.07) is 3.71. The van der Waals surface area contributed by atoms with Crippen molar-refractivity contribution in [1.29, 1.82) is 0 Å². The minimum atomic E-state index is 0.0483. The minimum absolute atomic E-state index is 0.0483. The maximum absolute atomic E-state index is 9.92. The first kappa shape index (κ1) is 14.9. The third-order valence-electron chi connectivity index (χ3n) is 3.62. The number of benzene rings is 1. The first-order valence-electron chi connectivity index (χ1n) is 6.95. The summed E-state index contributed by atoms with van der Waals surface area (Å²) in [5.41, 5.74) is 1.06. The predicted octanol–water partition coefficient (Wildman–Crippen LogP) is 2.02. The highest BCUT2D eigenvalue weighted by Gasteiger charge is 2.20. The quantitative estimate of drug-likeness (QED) is 0.895. The molecule has 1 N–H and O–H groups in total. The van der Waals surface area contributed by atoms with Crippen molar-refractivity contribution in [3.05, 3.63) is 17.7 Å². The standard InChI is InChI=1S/C15H23NO4/c1-4-12-10-16(5-6-20-12)9-11-7-13(18-2)15(17)14(8-11)19-3/h7-8,12,17H,4-6,9-10H2,1-3H3. The number of hydrogen-bond acceptors (Lipinski definition) is 5. The maximum atomic E-state index is 9.92. The Bertz CT molecular complexity index is 424. The van der Waals surface area contributed by atoms with Crippen LogP contribution in [0, 0.1) is 0 Å². The van der Waals surface area contributed by atoms with Crippen LogP contribution in [0.25, 0.3) is 0 Å². The van der Waals surface area contributed by atoms with E-state index in [9.17, 15) is 5.11 Å². The highest BCUT2D eigenvalue weighted by atomic mass is 16.5. The zero-order valence-electron chi connectivity index (χ0n) is 12.4. The Morgan fingerprint density at radius 2 is 1.95 bits per heavy atom. The van der Waals surface area contributed by atoms with E-state index < -0.39 is 0 Å². The summed E-state index contributed by atoms with van der Waals surface area (Å²) in [4.78, 5) is 2.35. The van der Waals surface area contributed by atoms with Gasteiger partial charge in [0.05, 0.1) is 26.9 Å². The van der Waals surface area contributed by atoms with Crippen LogP contribution in [0.1, 0.15) is 18.9 Å². The molecule has 5 nitrogen and oxygen atoms in total. The number of ether oxygens (including phenoxy) is 3. The number of phenolic OH excluding ortho intramolecular Hbond substituents is 1. The molecule has 1 fully saturated rings. The largest absolute Gasteiger partial charge is 0.502 e. The Balaban J connectivity index is 2.12. The van der Waals surface area contributed by atoms with Gasteiger partial charge in [-0.25, -0.2) is 0 Å². The van der Waals surface area contributed by atoms with E-state index in [0.717, 1.165) is 38.2 Å². The van der Waals surface area contributed by atoms with Crippen LogP contribution in [0.3, 0.4) is 0 Å². The maximum Gasteiger partial charge on any atom is 0.200 e. The van der Waals surface area contributed by atoms with Crippen LogP contribution in [0.4, 0.5) is 0 Å². The second-order valence-corrected chi connectivity index (χ2v) is 4.99. The molecule has 0 bridgehead atoms. The Kier molecular flexibility index (Phi) is 5.09. The molecular formula is C15H23NO4. The molecule has 1 unspecified atom stereocenters. The van der Waals surface area contributed by atoms with E-state index in [4.69, 9.17) is 14.2 Å². The van der Waals surface area contributed by atoms with Crippen LogP contribution in [0.15, 0.2) is 12.1 Å². The molecule has 1 heterocycles. The zero-order valence-corrected chi connectivity index (χ0v) is 12.4. The molecule has 0 aliphatic carbocycles. The van der Waals surface area contributed by atoms with Crippen molar-refractivity contribution >= 4 is 0 Å². The van der Waals surface area contributed by atoms with Crippen molar-refractivity contribution in [3.63, 3.8) is 0 Å². The van der Waals surface area contributed by atoms with Crippen LogP contribution in [0.5, 0.6) is 17.2 Å². The normalized spacial score (nSPS) is 19.9. The van der Waals surface area contributed by atoms with Gasteiger partial charge in [-0.15, -0.1) is 0 Å². The number of rotatable bonds is 5. The number of morpholine rings is 1. The average molecular weight is 281 g/mol. The number of aromatic hydroxyl groups is 1. The van der Waals surface area contributed by atoms with Crippen LogP contribution in [-0.2, 0) is 11.3 Å². The zero-order chi connectivity index (χ0) is 14.5. The summed E-state index contributed by atoms with van der Waals surface area (Å²) < 4.78 is 16.0. The Hall–Kier alpha value is -1.46. The summed E-state index contributed by atoms with van der Waals surface area (Å²) in [7, 11) is 3.08. The van der Waals surface area contributed by atoms with Crippen molar-refractivity contribution in [3.8, 4) is 17.2 Å². The van der Waals surface area contributed by atoms with Gasteiger partial charge in [0.1, 0.15) is 0 Å². The van der Waals surface area contributed by atoms with Gasteiger partial charge in [0.25, 0.3) is 0 Å². The summed E-state index contributed by atoms with van der Waals surface area (Å²) in [6.45, 7) is 5.56. The van der Waals surface area contributed by atoms with Gasteiger partial charge in [-0.05, 0) is 24.1 Å². The van der Waals surface area contributed by atoms with E-state index in [1.54, 1.807) is 14.2 Å². The fourth-order valence-electron chi connectivity index (χ4n) is 2.47. The van der Waals surface area contributed by atoms with Crippen molar-refractivity contribution in [2.45, 2.75) is 26.0 Å². The predicted molar refractivity (Wildman–Crippen MR) is 76.5 cm³/mol. The lowest BCUT2D eigenvalue weighted by Gasteiger charge is -2.32. The van der Waals surface area contributed by atoms with Gasteiger partial charge < -0.3 is 19.3 Å². The second-order valence-electron chi connectivity index (χ2n) is 4.99. The number of phenols is 1. The lowest BCUT2D eigenvalue weighted by Crippen LogP contribution is -2.41. The smallest absolute Gasteiger partial charge is 0.200 e. The molecular weight excluding hydrogens is 258 g/mol. The lowest BCUT2D eigenvalue weighted by molar-refractivity contribution is -0.0324. The summed E-state index contributed by atoms with van der Waals surface area (Å²) in [5, 5.41) is 9.92. The molecule has 1 saturated heterocycles. The average Bonchev–Trinajstić information content (AvgIpc) is 2.49. The highest BCUT2D eigenvalue weighted by molar-refractivity contribution is 5.52. The van der Waals surface area contributed by atoms with E-state index in [2.05, 4.69) is 11.8 Å². The molecule has 0 amide bonds. The SMILES string of the molecule is CCC1CN(Cc2cc(OC)c(O)c(OC)c2)CCO1. The molecule has 112 valence electrons. The molecule has 1 aromatic rings. The van der Waals surface area contributed by atoms with Crippen molar-refractivity contribution in [1.82, 2.24) is 4.90 Å². The molecule has 2 rings (SSSR count). The van der Waals surface area contributed by atoms with Crippen LogP contribution in [0.2, 0.25) is 0 Å². The van der Waals surface area contributed by atoms with Gasteiger partial charge in [-0.2, -0.15) is 0 Å². The molecule has 0 radical (unpaired) electrons. The van der Waals surface area contributed by atoms with Gasteiger partial charge in [-0.1, -0.05) is 6.92 Å². The Morgan fingerprint density at radius 1 is 1.30 bits per heavy atom. The molecule has 0 spiro atoms. The van der Waals surface area contributed by atoms with Crippen LogP contribution >= 0.6 is 0 Å². The fraction of sp³-hybridized carbons (Fsp3) is 0.600. The Morgan fingerprint density at radius 3 is 2.50 bits per heavy atom. The molecule has 0 saturated carbocycles. The molecule has 20 heavy (non-hydrogen) atoms. The van der Waals surface area contributed by atoms with Gasteiger partial charge in [0.15, 0.2) is 11.5 Å². The molecule has 5 heteroatoms. The van der Waals surface area contributed by atoms with Gasteiger partial charge in [0, 0.05) is 19.6 Å². The van der Waals surface area contributed by atoms with Gasteiger partial charge in [-0.3, -0.25) is 4.90 Å². The highest BCUT2D eigenvalue weighted by Crippen LogP contribution is 2.37. The van der Waals surface area contributed by atoms with Crippen molar-refractivity contribution < 1.29 is 19.3 Å². The summed E-state index contributed by atoms with van der Waals surface area (Å²) in [6.07, 6.45) is 1.34. The third kappa shape index (κ3) is 3.35. The minimum Gasteiger partial charge on any atom is -0.502 e. The number of nitrogens with zero attached hydrogens (tertiary/aromatic N) is 1. The first-order chi connectivity index (χ1) is 9.67. The second kappa shape index (κ2) is 6.81. The molecule has 1 aromatic carbocycles. The molecule has 0 aromatic heterocycles. The van der Waals surface area contributed by atoms with E-state index >= 15 is 0 Å². The van der Waals surface area contributed by atoms with Gasteiger partial charge >= 0.3 is 0 Å². The van der Waals surface area contributed by atoms with Crippen LogP contribution < -0.4 is 9.47 Å². The Labute approximate surface area is 120 Å². The monoisotopic (exact) mass is 281 g/mol. The third-order valence-corrected chi connectivity index (χ3v) is 3.62. The van der Waals surface area contributed by atoms with Crippen LogP contribution in [-0.4, -0.2) is 50.0 Å². The molecule has 1 aliphatic rings. The fourth-order valence-corrected chi connectivity index (χ4v) is 2.47. The van der Waals surface area contributed by atoms with E-state index in [1.165, 1.54) is 0 Å². The number of hydrogen-bond donors (Lipinski definition) is 1. The summed E-state index contributed by atoms with van der Waals surface area (Å²) >= 11 is 0. The van der Waals surface area contributed by atoms with E-state index in [-0.39, 0.29) is 5.75 Å². The summed E-state index contributed by atoms with van der Waals surface area (Å²) in [5.74, 6) is 0.937. The lowest BCUT2D eigenvalue weighted by atomic mass is 10.1. The van der Waals surface area contributed by atoms with E-state index in [1.807, 2.05) is 12.1 Å². The topological polar surface area (TPSA) is 51.2 Å².